The molecule has 120 valence electrons. The van der Waals surface area contributed by atoms with Crippen LogP contribution in [0.25, 0.3) is 0 Å². The van der Waals surface area contributed by atoms with Crippen LogP contribution in [-0.4, -0.2) is 53.8 Å². The highest BCUT2D eigenvalue weighted by Crippen LogP contribution is 2.12. The first-order valence-electron chi connectivity index (χ1n) is 7.93. The number of benzene rings is 1. The third-order valence-electron chi connectivity index (χ3n) is 4.44. The van der Waals surface area contributed by atoms with Crippen molar-refractivity contribution in [2.75, 3.05) is 26.2 Å². The maximum Gasteiger partial charge on any atom is 0.253 e. The summed E-state index contributed by atoms with van der Waals surface area (Å²) in [5.74, 6) is 0.205. The minimum absolute atomic E-state index is 0.00107. The quantitative estimate of drug-likeness (QED) is 0.913. The van der Waals surface area contributed by atoms with E-state index < -0.39 is 6.04 Å². The summed E-state index contributed by atoms with van der Waals surface area (Å²) in [6.07, 6.45) is 0.888. The van der Waals surface area contributed by atoms with Crippen molar-refractivity contribution < 1.29 is 9.59 Å². The first-order valence-corrected chi connectivity index (χ1v) is 7.93. The van der Waals surface area contributed by atoms with E-state index >= 15 is 0 Å². The number of piperazine rings is 1. The first kappa shape index (κ1) is 16.5. The van der Waals surface area contributed by atoms with Gasteiger partial charge in [0.15, 0.2) is 0 Å². The molecule has 1 aliphatic rings. The lowest BCUT2D eigenvalue weighted by Gasteiger charge is -2.36. The topological polar surface area (TPSA) is 66.6 Å². The fourth-order valence-corrected chi connectivity index (χ4v) is 2.60. The number of hydrogen-bond donors (Lipinski definition) is 1. The zero-order valence-corrected chi connectivity index (χ0v) is 13.4. The highest BCUT2D eigenvalue weighted by atomic mass is 16.2. The van der Waals surface area contributed by atoms with E-state index in [2.05, 4.69) is 0 Å². The molecule has 1 fully saturated rings. The van der Waals surface area contributed by atoms with Crippen LogP contribution < -0.4 is 5.73 Å². The molecule has 5 heteroatoms. The number of nitrogens with two attached hydrogens (primary N) is 1. The Morgan fingerprint density at radius 2 is 1.64 bits per heavy atom. The Morgan fingerprint density at radius 1 is 1.09 bits per heavy atom. The van der Waals surface area contributed by atoms with Crippen LogP contribution in [0.4, 0.5) is 0 Å². The van der Waals surface area contributed by atoms with Crippen molar-refractivity contribution in [2.24, 2.45) is 11.7 Å². The van der Waals surface area contributed by atoms with Gasteiger partial charge in [-0.3, -0.25) is 9.59 Å². The van der Waals surface area contributed by atoms with Crippen molar-refractivity contribution >= 4 is 11.8 Å². The van der Waals surface area contributed by atoms with E-state index in [1.807, 2.05) is 44.2 Å². The molecule has 0 saturated carbocycles. The highest BCUT2D eigenvalue weighted by Gasteiger charge is 2.29. The van der Waals surface area contributed by atoms with Gasteiger partial charge in [-0.1, -0.05) is 38.5 Å². The molecule has 2 unspecified atom stereocenters. The predicted molar refractivity (Wildman–Crippen MR) is 86.4 cm³/mol. The monoisotopic (exact) mass is 303 g/mol. The predicted octanol–water partition coefficient (Wildman–Crippen LogP) is 1.34. The van der Waals surface area contributed by atoms with Crippen LogP contribution >= 0.6 is 0 Å². The van der Waals surface area contributed by atoms with Crippen LogP contribution in [0.15, 0.2) is 30.3 Å². The molecule has 2 amide bonds. The van der Waals surface area contributed by atoms with E-state index in [1.54, 1.807) is 9.80 Å². The number of nitrogens with zero attached hydrogens (tertiary/aromatic N) is 2. The van der Waals surface area contributed by atoms with Crippen molar-refractivity contribution in [2.45, 2.75) is 26.3 Å². The summed E-state index contributed by atoms with van der Waals surface area (Å²) in [5, 5.41) is 0. The van der Waals surface area contributed by atoms with E-state index in [0.717, 1.165) is 6.42 Å². The smallest absolute Gasteiger partial charge is 0.253 e. The lowest BCUT2D eigenvalue weighted by Crippen LogP contribution is -2.55. The second kappa shape index (κ2) is 7.40. The SMILES string of the molecule is CCC(C)C(N)C(=O)N1CCN(C(=O)c2ccccc2)CC1. The molecule has 0 bridgehead atoms. The van der Waals surface area contributed by atoms with Gasteiger partial charge in [0, 0.05) is 31.7 Å². The van der Waals surface area contributed by atoms with Crippen molar-refractivity contribution in [3.8, 4) is 0 Å². The molecule has 1 saturated heterocycles. The molecule has 1 aromatic carbocycles. The van der Waals surface area contributed by atoms with E-state index in [9.17, 15) is 9.59 Å². The Kier molecular flexibility index (Phi) is 5.55. The average Bonchev–Trinajstić information content (AvgIpc) is 2.60. The molecule has 5 nitrogen and oxygen atoms in total. The van der Waals surface area contributed by atoms with Gasteiger partial charge in [0.1, 0.15) is 0 Å². The Labute approximate surface area is 132 Å². The van der Waals surface area contributed by atoms with E-state index in [1.165, 1.54) is 0 Å². The van der Waals surface area contributed by atoms with Crippen molar-refractivity contribution in [1.29, 1.82) is 0 Å². The van der Waals surface area contributed by atoms with Crippen LogP contribution in [0, 0.1) is 5.92 Å². The van der Waals surface area contributed by atoms with Gasteiger partial charge in [-0.2, -0.15) is 0 Å². The Balaban J connectivity index is 1.90. The largest absolute Gasteiger partial charge is 0.338 e. The van der Waals surface area contributed by atoms with Crippen molar-refractivity contribution in [1.82, 2.24) is 9.80 Å². The Hall–Kier alpha value is -1.88. The highest BCUT2D eigenvalue weighted by molar-refractivity contribution is 5.94. The van der Waals surface area contributed by atoms with Gasteiger partial charge >= 0.3 is 0 Å². The molecular weight excluding hydrogens is 278 g/mol. The van der Waals surface area contributed by atoms with Crippen LogP contribution in [0.5, 0.6) is 0 Å². The molecule has 22 heavy (non-hydrogen) atoms. The normalized spacial score (nSPS) is 18.0. The Bertz CT molecular complexity index is 510. The second-order valence-corrected chi connectivity index (χ2v) is 5.89. The van der Waals surface area contributed by atoms with E-state index in [-0.39, 0.29) is 17.7 Å². The molecule has 2 atom stereocenters. The van der Waals surface area contributed by atoms with Crippen molar-refractivity contribution in [3.63, 3.8) is 0 Å². The number of carbonyl (C=O) groups excluding carboxylic acids is 2. The summed E-state index contributed by atoms with van der Waals surface area (Å²) >= 11 is 0. The number of rotatable bonds is 4. The third kappa shape index (κ3) is 3.65. The molecule has 0 aliphatic carbocycles. The van der Waals surface area contributed by atoms with Crippen LogP contribution in [0.3, 0.4) is 0 Å². The molecule has 0 radical (unpaired) electrons. The zero-order valence-electron chi connectivity index (χ0n) is 13.4. The molecule has 0 aromatic heterocycles. The van der Waals surface area contributed by atoms with Gasteiger partial charge in [-0.15, -0.1) is 0 Å². The molecule has 2 rings (SSSR count). The number of carbonyl (C=O) groups is 2. The summed E-state index contributed by atoms with van der Waals surface area (Å²) in [6.45, 7) is 6.27. The fourth-order valence-electron chi connectivity index (χ4n) is 2.60. The first-order chi connectivity index (χ1) is 10.5. The molecule has 0 spiro atoms. The molecule has 1 heterocycles. The van der Waals surface area contributed by atoms with Gasteiger partial charge < -0.3 is 15.5 Å². The average molecular weight is 303 g/mol. The van der Waals surface area contributed by atoms with Crippen molar-refractivity contribution in [3.05, 3.63) is 35.9 Å². The molecule has 1 aliphatic heterocycles. The molecule has 1 aromatic rings. The summed E-state index contributed by atoms with van der Waals surface area (Å²) < 4.78 is 0. The standard InChI is InChI=1S/C17H25N3O2/c1-3-13(2)15(18)17(22)20-11-9-19(10-12-20)16(21)14-7-5-4-6-8-14/h4-8,13,15H,3,9-12,18H2,1-2H3. The summed E-state index contributed by atoms with van der Waals surface area (Å²) in [5.41, 5.74) is 6.71. The van der Waals surface area contributed by atoms with E-state index in [0.29, 0.717) is 31.7 Å². The lowest BCUT2D eigenvalue weighted by molar-refractivity contribution is -0.135. The zero-order chi connectivity index (χ0) is 16.1. The number of hydrogen-bond acceptors (Lipinski definition) is 3. The summed E-state index contributed by atoms with van der Waals surface area (Å²) in [4.78, 5) is 28.3. The molecular formula is C17H25N3O2. The Morgan fingerprint density at radius 3 is 2.18 bits per heavy atom. The maximum atomic E-state index is 12.4. The summed E-state index contributed by atoms with van der Waals surface area (Å²) in [7, 11) is 0. The van der Waals surface area contributed by atoms with Gasteiger partial charge in [-0.25, -0.2) is 0 Å². The van der Waals surface area contributed by atoms with Crippen LogP contribution in [-0.2, 0) is 4.79 Å². The van der Waals surface area contributed by atoms with Gasteiger partial charge in [0.25, 0.3) is 5.91 Å². The maximum absolute atomic E-state index is 12.4. The fraction of sp³-hybridized carbons (Fsp3) is 0.529. The van der Waals surface area contributed by atoms with E-state index in [4.69, 9.17) is 5.73 Å². The minimum Gasteiger partial charge on any atom is -0.338 e. The van der Waals surface area contributed by atoms with Gasteiger partial charge in [-0.05, 0) is 18.1 Å². The van der Waals surface area contributed by atoms with Crippen LogP contribution in [0.1, 0.15) is 30.6 Å². The summed E-state index contributed by atoms with van der Waals surface area (Å²) in [6, 6.07) is 8.80. The minimum atomic E-state index is -0.443. The van der Waals surface area contributed by atoms with Crippen LogP contribution in [0.2, 0.25) is 0 Å². The van der Waals surface area contributed by atoms with Gasteiger partial charge in [0.05, 0.1) is 6.04 Å². The lowest BCUT2D eigenvalue weighted by atomic mass is 9.98. The third-order valence-corrected chi connectivity index (χ3v) is 4.44. The van der Waals surface area contributed by atoms with Gasteiger partial charge in [0.2, 0.25) is 5.91 Å². The molecule has 2 N–H and O–H groups in total. The second-order valence-electron chi connectivity index (χ2n) is 5.89. The number of amides is 2.